The maximum atomic E-state index is 11.8. The number of rotatable bonds is 5. The molecule has 3 aromatic heterocycles. The number of hydrogen-bond donors (Lipinski definition) is 4. The second kappa shape index (κ2) is 7.16. The van der Waals surface area contributed by atoms with Crippen molar-refractivity contribution in [3.8, 4) is 0 Å². The van der Waals surface area contributed by atoms with Gasteiger partial charge in [0.15, 0.2) is 0 Å². The summed E-state index contributed by atoms with van der Waals surface area (Å²) in [4.78, 5) is 38.0. The van der Waals surface area contributed by atoms with Gasteiger partial charge in [-0.3, -0.25) is 4.79 Å². The molecule has 0 bridgehead atoms. The zero-order valence-electron chi connectivity index (χ0n) is 14.4. The van der Waals surface area contributed by atoms with Crippen LogP contribution in [0.2, 0.25) is 0 Å². The summed E-state index contributed by atoms with van der Waals surface area (Å²) in [6, 6.07) is 9.47. The fourth-order valence-corrected chi connectivity index (χ4v) is 2.71. The van der Waals surface area contributed by atoms with Crippen LogP contribution >= 0.6 is 0 Å². The van der Waals surface area contributed by atoms with E-state index >= 15 is 0 Å². The molecule has 9 heteroatoms. The van der Waals surface area contributed by atoms with Crippen molar-refractivity contribution in [1.29, 1.82) is 0 Å². The van der Waals surface area contributed by atoms with E-state index in [0.29, 0.717) is 16.7 Å². The number of fused-ring (bicyclic) bond motifs is 2. The second-order valence-corrected chi connectivity index (χ2v) is 5.87. The third-order valence-electron chi connectivity index (χ3n) is 3.97. The molecule has 0 radical (unpaired) electrons. The Labute approximate surface area is 158 Å². The fourth-order valence-electron chi connectivity index (χ4n) is 2.71. The highest BCUT2D eigenvalue weighted by molar-refractivity contribution is 6.03. The maximum absolute atomic E-state index is 11.8. The molecular formula is C19H14N6O3. The van der Waals surface area contributed by atoms with Gasteiger partial charge in [-0.25, -0.2) is 19.7 Å². The lowest BCUT2D eigenvalue weighted by atomic mass is 10.2. The average Bonchev–Trinajstić information content (AvgIpc) is 3.15. The Hall–Kier alpha value is -4.27. The second-order valence-electron chi connectivity index (χ2n) is 5.87. The van der Waals surface area contributed by atoms with E-state index in [2.05, 4.69) is 30.6 Å². The lowest BCUT2D eigenvalue weighted by molar-refractivity contribution is -0.131. The zero-order valence-corrected chi connectivity index (χ0v) is 14.4. The van der Waals surface area contributed by atoms with Crippen molar-refractivity contribution in [2.75, 3.05) is 10.6 Å². The number of aliphatic carboxylic acids is 1. The van der Waals surface area contributed by atoms with E-state index in [9.17, 15) is 9.59 Å². The molecule has 138 valence electrons. The molecule has 0 unspecified atom stereocenters. The maximum Gasteiger partial charge on any atom is 0.328 e. The van der Waals surface area contributed by atoms with Crippen molar-refractivity contribution in [1.82, 2.24) is 19.9 Å². The Balaban J connectivity index is 1.64. The number of aromatic amines is 1. The molecule has 0 saturated carbocycles. The lowest BCUT2D eigenvalue weighted by Crippen LogP contribution is -2.10. The quantitative estimate of drug-likeness (QED) is 0.395. The van der Waals surface area contributed by atoms with Crippen LogP contribution in [0.5, 0.6) is 0 Å². The summed E-state index contributed by atoms with van der Waals surface area (Å²) in [6.45, 7) is 0. The normalized spacial score (nSPS) is 11.1. The van der Waals surface area contributed by atoms with Crippen molar-refractivity contribution in [2.45, 2.75) is 0 Å². The van der Waals surface area contributed by atoms with Gasteiger partial charge in [0.05, 0.1) is 11.7 Å². The van der Waals surface area contributed by atoms with Crippen molar-refractivity contribution in [2.24, 2.45) is 0 Å². The highest BCUT2D eigenvalue weighted by Crippen LogP contribution is 2.26. The van der Waals surface area contributed by atoms with Gasteiger partial charge in [0.2, 0.25) is 5.91 Å². The SMILES string of the molecule is O=C(O)C=CC(=O)Nc1cc2c(Nc3ccc4[nH]ccc4c3)ncnc2cn1. The number of carbonyl (C=O) groups excluding carboxylic acids is 1. The standard InChI is InChI=1S/C19H14N6O3/c26-17(3-4-18(27)28)25-16-8-13-15(9-21-16)22-10-23-19(13)24-12-1-2-14-11(7-12)5-6-20-14/h1-10,20H,(H,27,28)(H,21,25,26)(H,22,23,24). The molecule has 0 aliphatic carbocycles. The molecule has 0 atom stereocenters. The van der Waals surface area contributed by atoms with E-state index in [0.717, 1.165) is 28.7 Å². The molecule has 0 aliphatic heterocycles. The summed E-state index contributed by atoms with van der Waals surface area (Å²) < 4.78 is 0. The number of amides is 1. The first-order chi connectivity index (χ1) is 13.6. The Morgan fingerprint density at radius 3 is 2.82 bits per heavy atom. The topological polar surface area (TPSA) is 133 Å². The van der Waals surface area contributed by atoms with Crippen LogP contribution in [0.15, 0.2) is 61.2 Å². The molecule has 28 heavy (non-hydrogen) atoms. The molecule has 0 fully saturated rings. The first-order valence-corrected chi connectivity index (χ1v) is 8.25. The van der Waals surface area contributed by atoms with Crippen LogP contribution in [0.4, 0.5) is 17.3 Å². The predicted octanol–water partition coefficient (Wildman–Crippen LogP) is 2.83. The molecule has 1 aromatic carbocycles. The van der Waals surface area contributed by atoms with Crippen LogP contribution in [0.1, 0.15) is 0 Å². The van der Waals surface area contributed by atoms with Crippen LogP contribution in [-0.2, 0) is 9.59 Å². The van der Waals surface area contributed by atoms with Crippen LogP contribution < -0.4 is 10.6 Å². The summed E-state index contributed by atoms with van der Waals surface area (Å²) in [5, 5.41) is 16.1. The van der Waals surface area contributed by atoms with Gasteiger partial charge >= 0.3 is 5.97 Å². The monoisotopic (exact) mass is 374 g/mol. The molecule has 0 aliphatic rings. The van der Waals surface area contributed by atoms with Gasteiger partial charge in [-0.2, -0.15) is 0 Å². The number of nitrogens with one attached hydrogen (secondary N) is 3. The molecular weight excluding hydrogens is 360 g/mol. The number of hydrogen-bond acceptors (Lipinski definition) is 6. The third kappa shape index (κ3) is 3.63. The molecule has 0 spiro atoms. The molecule has 0 saturated heterocycles. The molecule has 4 N–H and O–H groups in total. The number of carbonyl (C=O) groups is 2. The Morgan fingerprint density at radius 2 is 1.96 bits per heavy atom. The summed E-state index contributed by atoms with van der Waals surface area (Å²) in [5.41, 5.74) is 2.47. The minimum atomic E-state index is -1.21. The number of H-pyrrole nitrogens is 1. The number of carboxylic acid groups (broad SMARTS) is 1. The van der Waals surface area contributed by atoms with Crippen molar-refractivity contribution < 1.29 is 14.7 Å². The smallest absolute Gasteiger partial charge is 0.328 e. The van der Waals surface area contributed by atoms with E-state index in [1.165, 1.54) is 12.5 Å². The largest absolute Gasteiger partial charge is 0.478 e. The summed E-state index contributed by atoms with van der Waals surface area (Å²) in [5.74, 6) is -0.996. The highest BCUT2D eigenvalue weighted by atomic mass is 16.4. The van der Waals surface area contributed by atoms with Gasteiger partial charge in [-0.05, 0) is 30.3 Å². The molecule has 4 rings (SSSR count). The summed E-state index contributed by atoms with van der Waals surface area (Å²) in [7, 11) is 0. The average molecular weight is 374 g/mol. The van der Waals surface area contributed by atoms with E-state index in [1.807, 2.05) is 30.5 Å². The number of pyridine rings is 1. The molecule has 9 nitrogen and oxygen atoms in total. The van der Waals surface area contributed by atoms with Crippen molar-refractivity contribution in [3.63, 3.8) is 0 Å². The summed E-state index contributed by atoms with van der Waals surface area (Å²) in [6.07, 6.45) is 6.47. The first kappa shape index (κ1) is 17.2. The zero-order chi connectivity index (χ0) is 19.5. The van der Waals surface area contributed by atoms with E-state index < -0.39 is 11.9 Å². The molecule has 3 heterocycles. The van der Waals surface area contributed by atoms with Crippen LogP contribution in [-0.4, -0.2) is 36.9 Å². The Morgan fingerprint density at radius 1 is 1.07 bits per heavy atom. The van der Waals surface area contributed by atoms with Gasteiger partial charge in [-0.1, -0.05) is 0 Å². The third-order valence-corrected chi connectivity index (χ3v) is 3.97. The highest BCUT2D eigenvalue weighted by Gasteiger charge is 2.08. The van der Waals surface area contributed by atoms with Crippen molar-refractivity contribution >= 4 is 51.0 Å². The summed E-state index contributed by atoms with van der Waals surface area (Å²) >= 11 is 0. The van der Waals surface area contributed by atoms with Gasteiger partial charge in [0.25, 0.3) is 0 Å². The lowest BCUT2D eigenvalue weighted by Gasteiger charge is -2.09. The van der Waals surface area contributed by atoms with Crippen molar-refractivity contribution in [3.05, 3.63) is 61.2 Å². The van der Waals surface area contributed by atoms with Gasteiger partial charge in [0.1, 0.15) is 18.0 Å². The number of nitrogens with zero attached hydrogens (tertiary/aromatic N) is 3. The molecule has 4 aromatic rings. The predicted molar refractivity (Wildman–Crippen MR) is 104 cm³/mol. The first-order valence-electron chi connectivity index (χ1n) is 8.25. The van der Waals surface area contributed by atoms with Gasteiger partial charge in [0, 0.05) is 40.3 Å². The Bertz CT molecular complexity index is 1230. The van der Waals surface area contributed by atoms with Crippen LogP contribution in [0.3, 0.4) is 0 Å². The van der Waals surface area contributed by atoms with E-state index in [1.54, 1.807) is 6.07 Å². The van der Waals surface area contributed by atoms with Gasteiger partial charge < -0.3 is 20.7 Å². The number of anilines is 3. The number of carboxylic acids is 1. The molecule has 1 amide bonds. The minimum absolute atomic E-state index is 0.256. The van der Waals surface area contributed by atoms with E-state index in [4.69, 9.17) is 5.11 Å². The fraction of sp³-hybridized carbons (Fsp3) is 0. The van der Waals surface area contributed by atoms with E-state index in [-0.39, 0.29) is 5.82 Å². The number of aromatic nitrogens is 4. The number of benzene rings is 1. The van der Waals surface area contributed by atoms with Crippen LogP contribution in [0.25, 0.3) is 21.8 Å². The van der Waals surface area contributed by atoms with Crippen LogP contribution in [0, 0.1) is 0 Å². The minimum Gasteiger partial charge on any atom is -0.478 e. The Kier molecular flexibility index (Phi) is 4.38. The van der Waals surface area contributed by atoms with Gasteiger partial charge in [-0.15, -0.1) is 0 Å².